The minimum atomic E-state index is -0.989. The predicted molar refractivity (Wildman–Crippen MR) is 76.5 cm³/mol. The molecule has 4 heteroatoms. The minimum absolute atomic E-state index is 0.267. The van der Waals surface area contributed by atoms with Crippen LogP contribution in [0.25, 0.3) is 10.9 Å². The van der Waals surface area contributed by atoms with Crippen LogP contribution in [0.5, 0.6) is 0 Å². The Morgan fingerprint density at radius 3 is 2.79 bits per heavy atom. The highest BCUT2D eigenvalue weighted by molar-refractivity contribution is 9.10. The molecule has 2 N–H and O–H groups in total. The first-order chi connectivity index (χ1) is 9.16. The molecule has 1 heterocycles. The van der Waals surface area contributed by atoms with Crippen molar-refractivity contribution in [3.8, 4) is 0 Å². The molecule has 0 amide bonds. The number of H-pyrrole nitrogens is 1. The predicted octanol–water partition coefficient (Wildman–Crippen LogP) is 4.15. The molecular formula is C15H11BrFNO. The van der Waals surface area contributed by atoms with Crippen LogP contribution in [0.2, 0.25) is 0 Å². The molecule has 2 nitrogen and oxygen atoms in total. The average molecular weight is 320 g/mol. The Labute approximate surface area is 118 Å². The zero-order valence-electron chi connectivity index (χ0n) is 9.90. The van der Waals surface area contributed by atoms with E-state index in [1.54, 1.807) is 24.4 Å². The van der Waals surface area contributed by atoms with Crippen molar-refractivity contribution in [1.29, 1.82) is 0 Å². The second-order valence-electron chi connectivity index (χ2n) is 4.35. The van der Waals surface area contributed by atoms with Gasteiger partial charge in [0.05, 0.1) is 0 Å². The van der Waals surface area contributed by atoms with Gasteiger partial charge in [-0.15, -0.1) is 0 Å². The Balaban J connectivity index is 2.15. The summed E-state index contributed by atoms with van der Waals surface area (Å²) in [4.78, 5) is 3.08. The quantitative estimate of drug-likeness (QED) is 0.731. The molecule has 1 atom stereocenters. The van der Waals surface area contributed by atoms with Crippen molar-refractivity contribution in [3.63, 3.8) is 0 Å². The Morgan fingerprint density at radius 2 is 1.95 bits per heavy atom. The summed E-state index contributed by atoms with van der Waals surface area (Å²) in [5.41, 5.74) is 1.88. The third kappa shape index (κ3) is 2.17. The maximum atomic E-state index is 13.8. The Kier molecular flexibility index (Phi) is 3.12. The van der Waals surface area contributed by atoms with Gasteiger partial charge in [0.25, 0.3) is 0 Å². The lowest BCUT2D eigenvalue weighted by atomic mass is 9.98. The average Bonchev–Trinajstić information content (AvgIpc) is 2.89. The number of aliphatic hydroxyl groups is 1. The van der Waals surface area contributed by atoms with Crippen LogP contribution in [0.1, 0.15) is 17.2 Å². The molecular weight excluding hydrogens is 309 g/mol. The fourth-order valence-electron chi connectivity index (χ4n) is 2.24. The number of aromatic nitrogens is 1. The van der Waals surface area contributed by atoms with Gasteiger partial charge < -0.3 is 10.1 Å². The standard InChI is InChI=1S/C15H11BrFNO/c16-9-4-5-13(17)12(8-9)15(19)11-2-1-3-14-10(11)6-7-18-14/h1-8,15,18-19H. The maximum Gasteiger partial charge on any atom is 0.129 e. The zero-order valence-corrected chi connectivity index (χ0v) is 11.5. The zero-order chi connectivity index (χ0) is 13.4. The third-order valence-electron chi connectivity index (χ3n) is 3.18. The largest absolute Gasteiger partial charge is 0.384 e. The van der Waals surface area contributed by atoms with Gasteiger partial charge in [0, 0.05) is 27.1 Å². The van der Waals surface area contributed by atoms with Gasteiger partial charge in [-0.3, -0.25) is 0 Å². The first kappa shape index (κ1) is 12.4. The summed E-state index contributed by atoms with van der Waals surface area (Å²) in [6, 6.07) is 12.0. The van der Waals surface area contributed by atoms with Crippen molar-refractivity contribution in [3.05, 3.63) is 70.1 Å². The minimum Gasteiger partial charge on any atom is -0.384 e. The third-order valence-corrected chi connectivity index (χ3v) is 3.67. The van der Waals surface area contributed by atoms with Crippen LogP contribution in [0, 0.1) is 5.82 Å². The van der Waals surface area contributed by atoms with E-state index in [-0.39, 0.29) is 5.56 Å². The van der Waals surface area contributed by atoms with Crippen LogP contribution in [-0.2, 0) is 0 Å². The molecule has 0 aliphatic heterocycles. The highest BCUT2D eigenvalue weighted by Crippen LogP contribution is 2.31. The molecule has 3 aromatic rings. The molecule has 3 rings (SSSR count). The first-order valence-electron chi connectivity index (χ1n) is 5.86. The molecule has 0 saturated carbocycles. The summed E-state index contributed by atoms with van der Waals surface area (Å²) in [6.07, 6.45) is 0.815. The van der Waals surface area contributed by atoms with Crippen molar-refractivity contribution in [2.24, 2.45) is 0 Å². The van der Waals surface area contributed by atoms with Gasteiger partial charge in [0.2, 0.25) is 0 Å². The van der Waals surface area contributed by atoms with Crippen molar-refractivity contribution >= 4 is 26.8 Å². The number of aromatic amines is 1. The number of hydrogen-bond acceptors (Lipinski definition) is 1. The van der Waals surface area contributed by atoms with Gasteiger partial charge in [0.15, 0.2) is 0 Å². The van der Waals surface area contributed by atoms with E-state index < -0.39 is 11.9 Å². The summed E-state index contributed by atoms with van der Waals surface area (Å²) >= 11 is 3.30. The second-order valence-corrected chi connectivity index (χ2v) is 5.27. The summed E-state index contributed by atoms with van der Waals surface area (Å²) in [7, 11) is 0. The number of hydrogen-bond donors (Lipinski definition) is 2. The van der Waals surface area contributed by atoms with Crippen molar-refractivity contribution in [1.82, 2.24) is 4.98 Å². The summed E-state index contributed by atoms with van der Waals surface area (Å²) < 4.78 is 14.6. The normalized spacial score (nSPS) is 12.8. The summed E-state index contributed by atoms with van der Waals surface area (Å²) in [5.74, 6) is -0.414. The molecule has 1 aromatic heterocycles. The molecule has 19 heavy (non-hydrogen) atoms. The van der Waals surface area contributed by atoms with E-state index in [0.717, 1.165) is 15.4 Å². The van der Waals surface area contributed by atoms with Crippen LogP contribution < -0.4 is 0 Å². The SMILES string of the molecule is OC(c1cc(Br)ccc1F)c1cccc2[nH]ccc12. The van der Waals surface area contributed by atoms with Gasteiger partial charge in [-0.25, -0.2) is 4.39 Å². The number of aliphatic hydroxyl groups excluding tert-OH is 1. The molecule has 0 saturated heterocycles. The Bertz CT molecular complexity index is 738. The van der Waals surface area contributed by atoms with E-state index in [2.05, 4.69) is 20.9 Å². The van der Waals surface area contributed by atoms with Crippen LogP contribution in [0.3, 0.4) is 0 Å². The topological polar surface area (TPSA) is 36.0 Å². The van der Waals surface area contributed by atoms with Crippen LogP contribution in [0.15, 0.2) is 53.1 Å². The van der Waals surface area contributed by atoms with E-state index in [0.29, 0.717) is 5.56 Å². The number of rotatable bonds is 2. The van der Waals surface area contributed by atoms with Crippen molar-refractivity contribution < 1.29 is 9.50 Å². The molecule has 96 valence electrons. The molecule has 0 bridgehead atoms. The number of nitrogens with one attached hydrogen (secondary N) is 1. The second kappa shape index (κ2) is 4.79. The van der Waals surface area contributed by atoms with Gasteiger partial charge in [-0.2, -0.15) is 0 Å². The van der Waals surface area contributed by atoms with Gasteiger partial charge in [-0.1, -0.05) is 28.1 Å². The lowest BCUT2D eigenvalue weighted by molar-refractivity contribution is 0.216. The lowest BCUT2D eigenvalue weighted by Gasteiger charge is -2.14. The van der Waals surface area contributed by atoms with Gasteiger partial charge >= 0.3 is 0 Å². The number of fused-ring (bicyclic) bond motifs is 1. The van der Waals surface area contributed by atoms with E-state index in [9.17, 15) is 9.50 Å². The highest BCUT2D eigenvalue weighted by Gasteiger charge is 2.17. The lowest BCUT2D eigenvalue weighted by Crippen LogP contribution is -2.03. The van der Waals surface area contributed by atoms with Gasteiger partial charge in [0.1, 0.15) is 11.9 Å². The van der Waals surface area contributed by atoms with E-state index in [4.69, 9.17) is 0 Å². The monoisotopic (exact) mass is 319 g/mol. The van der Waals surface area contributed by atoms with Crippen LogP contribution >= 0.6 is 15.9 Å². The summed E-state index contributed by atoms with van der Waals surface area (Å²) in [5, 5.41) is 11.3. The molecule has 0 fully saturated rings. The van der Waals surface area contributed by atoms with Crippen LogP contribution in [-0.4, -0.2) is 10.1 Å². The molecule has 2 aromatic carbocycles. The maximum absolute atomic E-state index is 13.8. The summed E-state index contributed by atoms with van der Waals surface area (Å²) in [6.45, 7) is 0. The fraction of sp³-hybridized carbons (Fsp3) is 0.0667. The van der Waals surface area contributed by atoms with Crippen LogP contribution in [0.4, 0.5) is 4.39 Å². The molecule has 0 aliphatic carbocycles. The van der Waals surface area contributed by atoms with E-state index >= 15 is 0 Å². The molecule has 0 spiro atoms. The van der Waals surface area contributed by atoms with Gasteiger partial charge in [-0.05, 0) is 35.9 Å². The van der Waals surface area contributed by atoms with Crippen molar-refractivity contribution in [2.75, 3.05) is 0 Å². The highest BCUT2D eigenvalue weighted by atomic mass is 79.9. The van der Waals surface area contributed by atoms with E-state index in [1.807, 2.05) is 18.2 Å². The molecule has 0 aliphatic rings. The Morgan fingerprint density at radius 1 is 1.11 bits per heavy atom. The fourth-order valence-corrected chi connectivity index (χ4v) is 2.62. The molecule has 1 unspecified atom stereocenters. The van der Waals surface area contributed by atoms with Crippen molar-refractivity contribution in [2.45, 2.75) is 6.10 Å². The first-order valence-corrected chi connectivity index (χ1v) is 6.65. The smallest absolute Gasteiger partial charge is 0.129 e. The molecule has 0 radical (unpaired) electrons. The number of halogens is 2. The van der Waals surface area contributed by atoms with E-state index in [1.165, 1.54) is 6.07 Å². The Hall–Kier alpha value is -1.65. The number of benzene rings is 2.